The van der Waals surface area contributed by atoms with Crippen molar-refractivity contribution in [2.24, 2.45) is 23.7 Å². The van der Waals surface area contributed by atoms with E-state index in [0.717, 1.165) is 87.3 Å². The molecule has 144 heavy (non-hydrogen) atoms. The fourth-order valence-electron chi connectivity index (χ4n) is 18.2. The van der Waals surface area contributed by atoms with Crippen LogP contribution >= 0.6 is 0 Å². The van der Waals surface area contributed by atoms with Crippen LogP contribution in [0.5, 0.6) is 5.75 Å². The summed E-state index contributed by atoms with van der Waals surface area (Å²) in [7, 11) is 0. The molecule has 0 saturated carbocycles. The van der Waals surface area contributed by atoms with Crippen LogP contribution < -0.4 is 4.74 Å². The molecule has 1 aliphatic carbocycles. The lowest BCUT2D eigenvalue weighted by Crippen LogP contribution is -2.35. The van der Waals surface area contributed by atoms with Crippen molar-refractivity contribution < 1.29 is 9.47 Å². The Morgan fingerprint density at radius 2 is 0.715 bits per heavy atom. The number of benzene rings is 10. The predicted molar refractivity (Wildman–Crippen MR) is 622 cm³/mol. The molecule has 4 aliphatic rings. The SMILES string of the molecule is CC(C)c1ccc2c(c1)CC(C(C)C)CC2.CC(C)c1ccc2c(c1)CC(C(C)C)OC2.CC(C)c1ccc2c(c1)CN(C(C)C)CC2.CC(C)c1ccc2c(c1)OC(C(C)C)C=C2.CC(C)c1ccc2ccc(C(C)C)cc2c1.CC(C)c1ccc2cnc(C(C)C)nc2c1.CC(C)c1ccc2ncc(C(C)C)cc2c1.CC(C)c1ccc2ncc(C(C)C)nc2c1.CC(C)c1ccc2nnc(C(C)C)cc2c1. The Hall–Kier alpha value is -10.7. The number of hydrogen-bond acceptors (Lipinski definition) is 10. The molecule has 4 aromatic heterocycles. The third-order valence-corrected chi connectivity index (χ3v) is 29.2. The van der Waals surface area contributed by atoms with Gasteiger partial charge >= 0.3 is 0 Å². The fraction of sp³-hybridized carbons (Fsp3) is 0.485. The minimum Gasteiger partial charge on any atom is -0.485 e. The molecule has 10 heteroatoms. The molecule has 0 amide bonds. The molecule has 10 aromatic carbocycles. The summed E-state index contributed by atoms with van der Waals surface area (Å²) in [6.45, 7) is 83.1. The smallest absolute Gasteiger partial charge is 0.131 e. The molecule has 7 heterocycles. The Morgan fingerprint density at radius 1 is 0.285 bits per heavy atom. The van der Waals surface area contributed by atoms with Crippen LogP contribution in [0.4, 0.5) is 0 Å². The van der Waals surface area contributed by atoms with E-state index in [-0.39, 0.29) is 6.10 Å². The minimum atomic E-state index is 0.218. The highest BCUT2D eigenvalue weighted by Crippen LogP contribution is 2.38. The highest BCUT2D eigenvalue weighted by atomic mass is 16.5. The van der Waals surface area contributed by atoms with Gasteiger partial charge in [0.25, 0.3) is 0 Å². The summed E-state index contributed by atoms with van der Waals surface area (Å²) < 4.78 is 11.9. The molecule has 0 N–H and O–H groups in total. The van der Waals surface area contributed by atoms with Crippen molar-refractivity contribution in [3.8, 4) is 5.75 Å². The summed E-state index contributed by atoms with van der Waals surface area (Å²) in [5.41, 5.74) is 33.0. The minimum absolute atomic E-state index is 0.218. The summed E-state index contributed by atoms with van der Waals surface area (Å²) in [4.78, 5) is 25.1. The highest BCUT2D eigenvalue weighted by molar-refractivity contribution is 5.85. The van der Waals surface area contributed by atoms with Crippen LogP contribution in [0.2, 0.25) is 0 Å². The lowest BCUT2D eigenvalue weighted by molar-refractivity contribution is -0.000318. The lowest BCUT2D eigenvalue weighted by Gasteiger charge is -2.32. The number of aryl methyl sites for hydroxylation is 1. The van der Waals surface area contributed by atoms with E-state index >= 15 is 0 Å². The van der Waals surface area contributed by atoms with E-state index in [0.29, 0.717) is 107 Å². The van der Waals surface area contributed by atoms with Gasteiger partial charge in [-0.05, 0) is 319 Å². The van der Waals surface area contributed by atoms with Gasteiger partial charge in [-0.25, -0.2) is 15.0 Å². The van der Waals surface area contributed by atoms with Crippen LogP contribution in [-0.4, -0.2) is 64.8 Å². The molecule has 3 unspecified atom stereocenters. The quantitative estimate of drug-likeness (QED) is 0.0823. The van der Waals surface area contributed by atoms with Crippen LogP contribution in [0.1, 0.15) is 456 Å². The van der Waals surface area contributed by atoms with Crippen molar-refractivity contribution in [3.63, 3.8) is 0 Å². The number of aromatic nitrogens is 7. The van der Waals surface area contributed by atoms with E-state index < -0.39 is 0 Å². The number of fused-ring (bicyclic) bond motifs is 9. The van der Waals surface area contributed by atoms with E-state index in [1.165, 1.54) is 132 Å². The summed E-state index contributed by atoms with van der Waals surface area (Å²) in [6.07, 6.45) is 17.0. The van der Waals surface area contributed by atoms with Gasteiger partial charge in [-0.1, -0.05) is 375 Å². The van der Waals surface area contributed by atoms with Crippen molar-refractivity contribution in [1.29, 1.82) is 0 Å². The van der Waals surface area contributed by atoms with Gasteiger partial charge in [0.2, 0.25) is 0 Å². The van der Waals surface area contributed by atoms with Gasteiger partial charge in [0.15, 0.2) is 0 Å². The van der Waals surface area contributed by atoms with Crippen LogP contribution in [0.25, 0.3) is 60.6 Å². The normalized spacial score (nSPS) is 14.9. The molecule has 3 atom stereocenters. The second-order valence-electron chi connectivity index (χ2n) is 46.9. The zero-order chi connectivity index (χ0) is 105. The van der Waals surface area contributed by atoms with Crippen LogP contribution in [0.15, 0.2) is 219 Å². The van der Waals surface area contributed by atoms with E-state index in [1.54, 1.807) is 22.3 Å². The third kappa shape index (κ3) is 33.2. The number of nitrogens with zero attached hydrogens (tertiary/aromatic N) is 8. The zero-order valence-electron chi connectivity index (χ0n) is 95.5. The fourth-order valence-corrected chi connectivity index (χ4v) is 18.2. The molecule has 0 saturated heterocycles. The Labute approximate surface area is 872 Å². The van der Waals surface area contributed by atoms with Gasteiger partial charge < -0.3 is 9.47 Å². The Morgan fingerprint density at radius 3 is 1.22 bits per heavy atom. The first-order chi connectivity index (χ1) is 68.2. The molecule has 10 nitrogen and oxygen atoms in total. The molecule has 18 rings (SSSR count). The molecule has 0 fully saturated rings. The van der Waals surface area contributed by atoms with Crippen LogP contribution in [-0.2, 0) is 43.6 Å². The zero-order valence-corrected chi connectivity index (χ0v) is 95.5. The second-order valence-corrected chi connectivity index (χ2v) is 46.9. The van der Waals surface area contributed by atoms with E-state index in [1.807, 2.05) is 18.6 Å². The second kappa shape index (κ2) is 54.1. The van der Waals surface area contributed by atoms with Crippen molar-refractivity contribution in [3.05, 3.63) is 336 Å². The van der Waals surface area contributed by atoms with Crippen molar-refractivity contribution in [1.82, 2.24) is 40.0 Å². The summed E-state index contributed by atoms with van der Waals surface area (Å²) >= 11 is 0. The average molecular weight is 1940 g/mol. The predicted octanol–water partition coefficient (Wildman–Crippen LogP) is 37.5. The van der Waals surface area contributed by atoms with Gasteiger partial charge in [0, 0.05) is 65.4 Å². The van der Waals surface area contributed by atoms with Gasteiger partial charge in [-0.2, -0.15) is 10.2 Å². The maximum absolute atomic E-state index is 6.00. The standard InChI is InChI=1S/C16H24.C16H20.C15H19N.C15H23N.C15H22O.C15H20O.3C14H18N2/c2*1-11(2)14-7-5-13-6-8-15(12(3)4)10-16(13)9-14;1-10(2)12-5-6-15-13(7-12)8-14(9-16-15)11(3)4;1-11(2)14-6-5-13-7-8-16(12(3)4)10-15(13)9-14;1-10(2)12-5-6-13-9-16-15(11(3)4)8-14(13)7-12;1-10(2)13-6-5-12-7-8-14(11(3)4)16-15(12)9-13;1-9(2)11-5-6-13-12(7-11)8-14(10(3)4)16-15-13;1-9(2)11-5-6-12-13(7-11)16-14(8-15-12)10(3)4;1-9(2)11-5-6-12-8-15-14(10(3)4)16-13(12)7-11/h5,7,9,11-12,15H,6,8,10H2,1-4H3;5-12H,1-4H3;5-11H,1-4H3;5-6,9,11-12H,7-8,10H2,1-4H3;5-7,10-11,15H,8-9H2,1-4H3;5-11,14H,1-4H3;3*5-10H,1-4H3. The molecular formula is C134H182N8O2. The Kier molecular flexibility index (Phi) is 43.3. The highest BCUT2D eigenvalue weighted by Gasteiger charge is 2.26. The number of hydrogen-bond donors (Lipinski definition) is 0. The average Bonchev–Trinajstić information content (AvgIpc) is 0.861. The van der Waals surface area contributed by atoms with Gasteiger partial charge in [0.05, 0.1) is 51.7 Å². The monoisotopic (exact) mass is 1940 g/mol. The van der Waals surface area contributed by atoms with E-state index in [9.17, 15) is 0 Å². The lowest BCUT2D eigenvalue weighted by atomic mass is 9.77. The first kappa shape index (κ1) is 115. The van der Waals surface area contributed by atoms with Crippen molar-refractivity contribution in [2.75, 3.05) is 6.54 Å². The van der Waals surface area contributed by atoms with Crippen molar-refractivity contribution in [2.45, 2.75) is 396 Å². The molecule has 770 valence electrons. The van der Waals surface area contributed by atoms with E-state index in [4.69, 9.17) is 9.47 Å². The third-order valence-electron chi connectivity index (χ3n) is 29.2. The number of ether oxygens (including phenoxy) is 2. The van der Waals surface area contributed by atoms with Gasteiger partial charge in [0.1, 0.15) is 17.7 Å². The molecule has 0 bridgehead atoms. The summed E-state index contributed by atoms with van der Waals surface area (Å²) in [5, 5.41) is 14.8. The van der Waals surface area contributed by atoms with Gasteiger partial charge in [-0.15, -0.1) is 0 Å². The molecule has 3 aliphatic heterocycles. The first-order valence-electron chi connectivity index (χ1n) is 55.1. The molecule has 14 aromatic rings. The van der Waals surface area contributed by atoms with Crippen molar-refractivity contribution >= 4 is 60.6 Å². The molecular weight excluding hydrogens is 1750 g/mol. The Balaban J connectivity index is 0.000000166. The summed E-state index contributed by atoms with van der Waals surface area (Å²) in [6, 6.07) is 72.0. The first-order valence-corrected chi connectivity index (χ1v) is 55.1. The Bertz CT molecular complexity index is 5510. The largest absolute Gasteiger partial charge is 0.485 e. The molecule has 0 radical (unpaired) electrons. The van der Waals surface area contributed by atoms with Crippen LogP contribution in [0, 0.1) is 23.7 Å². The number of pyridine rings is 1. The van der Waals surface area contributed by atoms with Crippen LogP contribution in [0.3, 0.4) is 0 Å². The number of rotatable bonds is 18. The summed E-state index contributed by atoms with van der Waals surface area (Å²) in [5.74, 6) is 12.5. The topological polar surface area (TPSA) is 112 Å². The maximum atomic E-state index is 6.00. The molecule has 0 spiro atoms. The van der Waals surface area contributed by atoms with E-state index in [2.05, 4.69) is 496 Å². The van der Waals surface area contributed by atoms with Gasteiger partial charge in [-0.3, -0.25) is 14.9 Å². The maximum Gasteiger partial charge on any atom is 0.131 e.